The summed E-state index contributed by atoms with van der Waals surface area (Å²) >= 11 is 0. The fraction of sp³-hybridized carbons (Fsp3) is 0.519. The van der Waals surface area contributed by atoms with Crippen molar-refractivity contribution in [2.75, 3.05) is 52.4 Å². The van der Waals surface area contributed by atoms with Crippen LogP contribution in [0.4, 0.5) is 0 Å². The van der Waals surface area contributed by atoms with E-state index in [4.69, 9.17) is 9.47 Å². The Bertz CT molecular complexity index is 1010. The van der Waals surface area contributed by atoms with Crippen LogP contribution in [0.3, 0.4) is 0 Å². The number of hydrogen-bond donors (Lipinski definition) is 1. The molecule has 0 bridgehead atoms. The minimum Gasteiger partial charge on any atom is -0.491 e. The van der Waals surface area contributed by atoms with Gasteiger partial charge in [-0.15, -0.1) is 0 Å². The first-order valence-corrected chi connectivity index (χ1v) is 12.5. The zero-order valence-electron chi connectivity index (χ0n) is 20.0. The molecule has 7 heteroatoms. The average Bonchev–Trinajstić information content (AvgIpc) is 3.24. The number of amides is 1. The number of aliphatic hydroxyl groups excluding tert-OH is 1. The van der Waals surface area contributed by atoms with Gasteiger partial charge >= 0.3 is 0 Å². The van der Waals surface area contributed by atoms with Crippen molar-refractivity contribution in [1.29, 1.82) is 0 Å². The van der Waals surface area contributed by atoms with Gasteiger partial charge in [0.1, 0.15) is 24.2 Å². The number of carbonyl (C=O) groups is 1. The van der Waals surface area contributed by atoms with Crippen LogP contribution in [0.1, 0.15) is 34.8 Å². The quantitative estimate of drug-likeness (QED) is 0.678. The lowest BCUT2D eigenvalue weighted by Gasteiger charge is -2.32. The molecule has 2 atom stereocenters. The van der Waals surface area contributed by atoms with E-state index in [-0.39, 0.29) is 12.0 Å². The largest absolute Gasteiger partial charge is 0.491 e. The molecule has 1 N–H and O–H groups in total. The Morgan fingerprint density at radius 1 is 1.09 bits per heavy atom. The first kappa shape index (κ1) is 23.1. The van der Waals surface area contributed by atoms with Crippen LogP contribution in [0.2, 0.25) is 0 Å². The summed E-state index contributed by atoms with van der Waals surface area (Å²) in [7, 11) is 0. The first-order chi connectivity index (χ1) is 16.6. The Labute approximate surface area is 201 Å². The normalized spacial score (nSPS) is 22.0. The summed E-state index contributed by atoms with van der Waals surface area (Å²) in [5.74, 6) is 1.21. The van der Waals surface area contributed by atoms with E-state index in [2.05, 4.69) is 41.0 Å². The molecule has 0 radical (unpaired) electrons. The van der Waals surface area contributed by atoms with Gasteiger partial charge in [-0.05, 0) is 42.6 Å². The van der Waals surface area contributed by atoms with Gasteiger partial charge in [0, 0.05) is 45.3 Å². The van der Waals surface area contributed by atoms with E-state index in [1.807, 2.05) is 12.1 Å². The zero-order chi connectivity index (χ0) is 23.5. The molecular weight excluding hydrogens is 430 g/mol. The van der Waals surface area contributed by atoms with E-state index in [9.17, 15) is 9.90 Å². The Kier molecular flexibility index (Phi) is 7.04. The number of ether oxygens (including phenoxy) is 2. The number of nitrogens with zero attached hydrogens (tertiary/aromatic N) is 3. The van der Waals surface area contributed by atoms with Crippen LogP contribution in [0.25, 0.3) is 0 Å². The first-order valence-electron chi connectivity index (χ1n) is 12.5. The van der Waals surface area contributed by atoms with E-state index >= 15 is 0 Å². The summed E-state index contributed by atoms with van der Waals surface area (Å²) in [4.78, 5) is 19.6. The molecule has 2 aromatic carbocycles. The highest BCUT2D eigenvalue weighted by Crippen LogP contribution is 2.30. The lowest BCUT2D eigenvalue weighted by atomic mass is 10.00. The van der Waals surface area contributed by atoms with Gasteiger partial charge in [0.25, 0.3) is 5.91 Å². The summed E-state index contributed by atoms with van der Waals surface area (Å²) in [5.41, 5.74) is 3.25. The van der Waals surface area contributed by atoms with Gasteiger partial charge in [-0.25, -0.2) is 0 Å². The van der Waals surface area contributed by atoms with Crippen molar-refractivity contribution in [2.24, 2.45) is 0 Å². The predicted octanol–water partition coefficient (Wildman–Crippen LogP) is 2.41. The van der Waals surface area contributed by atoms with Gasteiger partial charge in [-0.2, -0.15) is 0 Å². The molecule has 2 unspecified atom stereocenters. The Hall–Kier alpha value is -2.61. The molecule has 0 aliphatic carbocycles. The highest BCUT2D eigenvalue weighted by molar-refractivity contribution is 5.97. The molecule has 2 aromatic rings. The summed E-state index contributed by atoms with van der Waals surface area (Å²) in [6.07, 6.45) is 1.57. The van der Waals surface area contributed by atoms with Crippen LogP contribution in [0.15, 0.2) is 42.5 Å². The Morgan fingerprint density at radius 3 is 2.76 bits per heavy atom. The van der Waals surface area contributed by atoms with Crippen LogP contribution >= 0.6 is 0 Å². The second-order valence-corrected chi connectivity index (χ2v) is 9.59. The number of hydrogen-bond acceptors (Lipinski definition) is 6. The lowest BCUT2D eigenvalue weighted by Crippen LogP contribution is -2.44. The smallest absolute Gasteiger partial charge is 0.257 e. The van der Waals surface area contributed by atoms with Crippen molar-refractivity contribution >= 4 is 5.91 Å². The molecule has 1 fully saturated rings. The molecule has 5 rings (SSSR count). The SMILES string of the molecule is CCN1CCC(Oc2ccc3c(c2)OCCN(CC(O)CN2CCc4ccccc4C2)C3=O)C1. The fourth-order valence-electron chi connectivity index (χ4n) is 5.28. The maximum Gasteiger partial charge on any atom is 0.257 e. The number of benzene rings is 2. The van der Waals surface area contributed by atoms with Crippen LogP contribution in [-0.4, -0.2) is 90.3 Å². The van der Waals surface area contributed by atoms with Crippen LogP contribution in [-0.2, 0) is 13.0 Å². The number of likely N-dealkylation sites (N-methyl/N-ethyl adjacent to an activating group) is 1. The zero-order valence-corrected chi connectivity index (χ0v) is 20.0. The highest BCUT2D eigenvalue weighted by atomic mass is 16.5. The maximum absolute atomic E-state index is 13.2. The third-order valence-corrected chi connectivity index (χ3v) is 7.18. The van der Waals surface area contributed by atoms with Crippen molar-refractivity contribution in [3.05, 3.63) is 59.2 Å². The second-order valence-electron chi connectivity index (χ2n) is 9.59. The number of rotatable bonds is 7. The Balaban J connectivity index is 1.18. The summed E-state index contributed by atoms with van der Waals surface area (Å²) < 4.78 is 12.1. The van der Waals surface area contributed by atoms with Gasteiger partial charge in [-0.3, -0.25) is 14.6 Å². The van der Waals surface area contributed by atoms with Crippen molar-refractivity contribution in [1.82, 2.24) is 14.7 Å². The summed E-state index contributed by atoms with van der Waals surface area (Å²) in [6.45, 7) is 8.66. The molecule has 182 valence electrons. The highest BCUT2D eigenvalue weighted by Gasteiger charge is 2.28. The Morgan fingerprint density at radius 2 is 1.94 bits per heavy atom. The van der Waals surface area contributed by atoms with Gasteiger partial charge in [-0.1, -0.05) is 31.2 Å². The van der Waals surface area contributed by atoms with Gasteiger partial charge < -0.3 is 19.5 Å². The second kappa shape index (κ2) is 10.3. The molecular formula is C27H35N3O4. The van der Waals surface area contributed by atoms with Crippen LogP contribution < -0.4 is 9.47 Å². The molecule has 3 aliphatic heterocycles. The number of carbonyl (C=O) groups excluding carboxylic acids is 1. The molecule has 3 aliphatic rings. The van der Waals surface area contributed by atoms with Crippen LogP contribution in [0.5, 0.6) is 11.5 Å². The molecule has 3 heterocycles. The predicted molar refractivity (Wildman–Crippen MR) is 130 cm³/mol. The van der Waals surface area contributed by atoms with E-state index in [1.54, 1.807) is 11.0 Å². The number of fused-ring (bicyclic) bond motifs is 2. The fourth-order valence-corrected chi connectivity index (χ4v) is 5.28. The average molecular weight is 466 g/mol. The topological polar surface area (TPSA) is 65.5 Å². The monoisotopic (exact) mass is 465 g/mol. The lowest BCUT2D eigenvalue weighted by molar-refractivity contribution is 0.0501. The van der Waals surface area contributed by atoms with Gasteiger partial charge in [0.2, 0.25) is 0 Å². The molecule has 7 nitrogen and oxygen atoms in total. The van der Waals surface area contributed by atoms with Gasteiger partial charge in [0.05, 0.1) is 18.2 Å². The summed E-state index contributed by atoms with van der Waals surface area (Å²) in [6, 6.07) is 14.0. The van der Waals surface area contributed by atoms with Crippen molar-refractivity contribution < 1.29 is 19.4 Å². The molecule has 1 saturated heterocycles. The number of likely N-dealkylation sites (tertiary alicyclic amines) is 1. The number of β-amino-alcohol motifs (C(OH)–C–C–N with tert-alkyl or cyclic N) is 1. The van der Waals surface area contributed by atoms with Gasteiger partial charge in [0.15, 0.2) is 0 Å². The van der Waals surface area contributed by atoms with Crippen molar-refractivity contribution in [2.45, 2.75) is 38.5 Å². The van der Waals surface area contributed by atoms with E-state index in [0.29, 0.717) is 37.6 Å². The molecule has 1 amide bonds. The van der Waals surface area contributed by atoms with Crippen molar-refractivity contribution in [3.8, 4) is 11.5 Å². The van der Waals surface area contributed by atoms with E-state index in [0.717, 1.165) is 51.3 Å². The van der Waals surface area contributed by atoms with Crippen LogP contribution in [0, 0.1) is 0 Å². The molecule has 0 spiro atoms. The molecule has 0 aromatic heterocycles. The van der Waals surface area contributed by atoms with E-state index in [1.165, 1.54) is 11.1 Å². The maximum atomic E-state index is 13.2. The minimum absolute atomic E-state index is 0.0971. The standard InChI is InChI=1S/C27H35N3O4/c1-2-28-12-10-24(19-28)34-23-7-8-25-26(15-23)33-14-13-30(27(25)32)18-22(31)17-29-11-9-20-5-3-4-6-21(20)16-29/h3-8,15,22,24,31H,2,9-14,16-19H2,1H3. The molecule has 0 saturated carbocycles. The number of aliphatic hydroxyl groups is 1. The summed E-state index contributed by atoms with van der Waals surface area (Å²) in [5, 5.41) is 10.8. The van der Waals surface area contributed by atoms with E-state index < -0.39 is 6.10 Å². The third-order valence-electron chi connectivity index (χ3n) is 7.18. The van der Waals surface area contributed by atoms with Crippen molar-refractivity contribution in [3.63, 3.8) is 0 Å². The minimum atomic E-state index is -0.609. The third kappa shape index (κ3) is 5.22. The molecule has 34 heavy (non-hydrogen) atoms.